The molecule has 1 aromatic heterocycles. The summed E-state index contributed by atoms with van der Waals surface area (Å²) >= 11 is 6.22. The molecule has 3 nitrogen and oxygen atoms in total. The highest BCUT2D eigenvalue weighted by Crippen LogP contribution is 2.38. The third kappa shape index (κ3) is 2.70. The standard InChI is InChI=1S/C18H20ClNO2/c1-18(2,3)13-4-5-15-10(8-13)6-11-7-12(17(21)22)9-14(19)16(11)20-15/h6-7,9,13H,4-5,8H2,1-3H3,(H,21,22). The van der Waals surface area contributed by atoms with E-state index in [9.17, 15) is 9.90 Å². The average molecular weight is 318 g/mol. The average Bonchev–Trinajstić information content (AvgIpc) is 2.43. The zero-order chi connectivity index (χ0) is 16.1. The minimum atomic E-state index is -0.964. The first-order valence-electron chi connectivity index (χ1n) is 7.61. The molecule has 0 bridgehead atoms. The van der Waals surface area contributed by atoms with Crippen molar-refractivity contribution in [2.24, 2.45) is 11.3 Å². The molecule has 1 aliphatic rings. The predicted molar refractivity (Wildman–Crippen MR) is 88.7 cm³/mol. The van der Waals surface area contributed by atoms with E-state index in [0.29, 0.717) is 16.5 Å². The van der Waals surface area contributed by atoms with Gasteiger partial charge in [0.1, 0.15) is 0 Å². The summed E-state index contributed by atoms with van der Waals surface area (Å²) in [4.78, 5) is 15.9. The lowest BCUT2D eigenvalue weighted by Gasteiger charge is -2.34. The van der Waals surface area contributed by atoms with Crippen LogP contribution in [0.2, 0.25) is 5.02 Å². The first-order valence-corrected chi connectivity index (χ1v) is 7.99. The fourth-order valence-electron chi connectivity index (χ4n) is 3.26. The number of halogens is 1. The van der Waals surface area contributed by atoms with Gasteiger partial charge in [-0.3, -0.25) is 4.98 Å². The van der Waals surface area contributed by atoms with E-state index in [1.165, 1.54) is 11.6 Å². The van der Waals surface area contributed by atoms with Gasteiger partial charge in [-0.2, -0.15) is 0 Å². The lowest BCUT2D eigenvalue weighted by atomic mass is 9.71. The van der Waals surface area contributed by atoms with E-state index in [2.05, 4.69) is 26.8 Å². The Labute approximate surface area is 135 Å². The Kier molecular flexibility index (Phi) is 3.64. The number of aromatic nitrogens is 1. The quantitative estimate of drug-likeness (QED) is 0.826. The maximum Gasteiger partial charge on any atom is 0.335 e. The summed E-state index contributed by atoms with van der Waals surface area (Å²) < 4.78 is 0. The van der Waals surface area contributed by atoms with Crippen LogP contribution in [0.5, 0.6) is 0 Å². The monoisotopic (exact) mass is 317 g/mol. The van der Waals surface area contributed by atoms with Gasteiger partial charge in [0.05, 0.1) is 16.1 Å². The van der Waals surface area contributed by atoms with Crippen molar-refractivity contribution in [3.63, 3.8) is 0 Å². The highest BCUT2D eigenvalue weighted by atomic mass is 35.5. The molecule has 0 saturated carbocycles. The topological polar surface area (TPSA) is 50.2 Å². The van der Waals surface area contributed by atoms with Gasteiger partial charge in [-0.25, -0.2) is 4.79 Å². The predicted octanol–water partition coefficient (Wildman–Crippen LogP) is 4.74. The Morgan fingerprint density at radius 3 is 2.68 bits per heavy atom. The molecule has 1 atom stereocenters. The molecule has 0 spiro atoms. The van der Waals surface area contributed by atoms with Gasteiger partial charge in [-0.05, 0) is 54.4 Å². The summed E-state index contributed by atoms with van der Waals surface area (Å²) in [5.41, 5.74) is 3.53. The van der Waals surface area contributed by atoms with Crippen LogP contribution in [0.3, 0.4) is 0 Å². The molecule has 0 fully saturated rings. The number of fused-ring (bicyclic) bond motifs is 2. The van der Waals surface area contributed by atoms with Crippen molar-refractivity contribution < 1.29 is 9.90 Å². The third-order valence-corrected chi connectivity index (χ3v) is 5.00. The van der Waals surface area contributed by atoms with E-state index in [4.69, 9.17) is 16.6 Å². The van der Waals surface area contributed by atoms with Gasteiger partial charge in [0.2, 0.25) is 0 Å². The zero-order valence-corrected chi connectivity index (χ0v) is 13.9. The molecule has 0 aliphatic heterocycles. The summed E-state index contributed by atoms with van der Waals surface area (Å²) in [6.07, 6.45) is 3.10. The summed E-state index contributed by atoms with van der Waals surface area (Å²) in [5, 5.41) is 10.4. The van der Waals surface area contributed by atoms with E-state index in [1.807, 2.05) is 0 Å². The van der Waals surface area contributed by atoms with E-state index >= 15 is 0 Å². The van der Waals surface area contributed by atoms with Crippen LogP contribution in [0, 0.1) is 11.3 Å². The molecular weight excluding hydrogens is 298 g/mol. The molecular formula is C18H20ClNO2. The van der Waals surface area contributed by atoms with Crippen LogP contribution < -0.4 is 0 Å². The molecule has 22 heavy (non-hydrogen) atoms. The number of carbonyl (C=O) groups is 1. The smallest absolute Gasteiger partial charge is 0.335 e. The third-order valence-electron chi connectivity index (χ3n) is 4.71. The number of pyridine rings is 1. The van der Waals surface area contributed by atoms with Crippen LogP contribution in [-0.2, 0) is 12.8 Å². The molecule has 0 radical (unpaired) electrons. The summed E-state index contributed by atoms with van der Waals surface area (Å²) in [5.74, 6) is -0.341. The first-order chi connectivity index (χ1) is 10.3. The fraction of sp³-hybridized carbons (Fsp3) is 0.444. The van der Waals surface area contributed by atoms with Crippen molar-refractivity contribution >= 4 is 28.5 Å². The van der Waals surface area contributed by atoms with Crippen molar-refractivity contribution in [3.8, 4) is 0 Å². The number of hydrogen-bond acceptors (Lipinski definition) is 2. The lowest BCUT2D eigenvalue weighted by molar-refractivity contribution is 0.0697. The van der Waals surface area contributed by atoms with E-state index < -0.39 is 5.97 Å². The van der Waals surface area contributed by atoms with Crippen molar-refractivity contribution in [2.45, 2.75) is 40.0 Å². The Bertz CT molecular complexity index is 762. The van der Waals surface area contributed by atoms with Crippen molar-refractivity contribution in [3.05, 3.63) is 40.0 Å². The van der Waals surface area contributed by atoms with Gasteiger partial charge in [0, 0.05) is 11.1 Å². The molecule has 1 heterocycles. The van der Waals surface area contributed by atoms with Gasteiger partial charge in [0.25, 0.3) is 0 Å². The number of nitrogens with zero attached hydrogens (tertiary/aromatic N) is 1. The Morgan fingerprint density at radius 2 is 2.05 bits per heavy atom. The van der Waals surface area contributed by atoms with Crippen molar-refractivity contribution in [1.29, 1.82) is 0 Å². The van der Waals surface area contributed by atoms with E-state index in [1.54, 1.807) is 6.07 Å². The second-order valence-corrected chi connectivity index (χ2v) is 7.64. The summed E-state index contributed by atoms with van der Waals surface area (Å²) in [6, 6.07) is 5.22. The van der Waals surface area contributed by atoms with E-state index in [0.717, 1.165) is 30.3 Å². The highest BCUT2D eigenvalue weighted by molar-refractivity contribution is 6.35. The number of rotatable bonds is 1. The minimum absolute atomic E-state index is 0.211. The van der Waals surface area contributed by atoms with Gasteiger partial charge in [-0.15, -0.1) is 0 Å². The van der Waals surface area contributed by atoms with Crippen LogP contribution in [0.4, 0.5) is 0 Å². The summed E-state index contributed by atoms with van der Waals surface area (Å²) in [6.45, 7) is 6.82. The largest absolute Gasteiger partial charge is 0.478 e. The Balaban J connectivity index is 2.11. The molecule has 4 heteroatoms. The van der Waals surface area contributed by atoms with Crippen LogP contribution in [-0.4, -0.2) is 16.1 Å². The number of aromatic carboxylic acids is 1. The lowest BCUT2D eigenvalue weighted by Crippen LogP contribution is -2.27. The summed E-state index contributed by atoms with van der Waals surface area (Å²) in [7, 11) is 0. The van der Waals surface area contributed by atoms with Crippen LogP contribution in [0.25, 0.3) is 10.9 Å². The SMILES string of the molecule is CC(C)(C)C1CCc2nc3c(Cl)cc(C(=O)O)cc3cc2C1. The molecule has 0 saturated heterocycles. The van der Waals surface area contributed by atoms with Crippen LogP contribution >= 0.6 is 11.6 Å². The maximum absolute atomic E-state index is 11.2. The zero-order valence-electron chi connectivity index (χ0n) is 13.1. The minimum Gasteiger partial charge on any atom is -0.478 e. The Morgan fingerprint density at radius 1 is 1.32 bits per heavy atom. The molecule has 1 N–H and O–H groups in total. The van der Waals surface area contributed by atoms with Crippen molar-refractivity contribution in [1.82, 2.24) is 4.98 Å². The van der Waals surface area contributed by atoms with Crippen LogP contribution in [0.15, 0.2) is 18.2 Å². The number of carboxylic acids is 1. The number of carboxylic acid groups (broad SMARTS) is 1. The van der Waals surface area contributed by atoms with Crippen LogP contribution in [0.1, 0.15) is 48.8 Å². The second-order valence-electron chi connectivity index (χ2n) is 7.23. The molecule has 0 amide bonds. The molecule has 3 rings (SSSR count). The maximum atomic E-state index is 11.2. The molecule has 1 aromatic carbocycles. The number of hydrogen-bond donors (Lipinski definition) is 1. The van der Waals surface area contributed by atoms with Gasteiger partial charge >= 0.3 is 5.97 Å². The van der Waals surface area contributed by atoms with Crippen molar-refractivity contribution in [2.75, 3.05) is 0 Å². The first kappa shape index (κ1) is 15.3. The van der Waals surface area contributed by atoms with Gasteiger partial charge in [0.15, 0.2) is 0 Å². The fourth-order valence-corrected chi connectivity index (χ4v) is 3.53. The normalized spacial score (nSPS) is 18.3. The molecule has 1 aliphatic carbocycles. The Hall–Kier alpha value is -1.61. The second kappa shape index (κ2) is 5.24. The number of aryl methyl sites for hydroxylation is 1. The number of benzene rings is 1. The van der Waals surface area contributed by atoms with Gasteiger partial charge in [-0.1, -0.05) is 32.4 Å². The highest BCUT2D eigenvalue weighted by Gasteiger charge is 2.29. The molecule has 2 aromatic rings. The van der Waals surface area contributed by atoms with Gasteiger partial charge < -0.3 is 5.11 Å². The molecule has 116 valence electrons. The van der Waals surface area contributed by atoms with E-state index in [-0.39, 0.29) is 11.0 Å². The molecule has 1 unspecified atom stereocenters.